The third-order valence-corrected chi connectivity index (χ3v) is 3.90. The molecule has 0 aromatic carbocycles. The fourth-order valence-corrected chi connectivity index (χ4v) is 2.44. The van der Waals surface area contributed by atoms with E-state index in [1.54, 1.807) is 10.9 Å². The molecule has 1 saturated heterocycles. The molecule has 2 heterocycles. The normalized spacial score (nSPS) is 16.6. The minimum atomic E-state index is 0.0796. The number of rotatable bonds is 5. The third-order valence-electron chi connectivity index (χ3n) is 3.90. The lowest BCUT2D eigenvalue weighted by atomic mass is 10.1. The van der Waals surface area contributed by atoms with Crippen LogP contribution < -0.4 is 5.73 Å². The van der Waals surface area contributed by atoms with Crippen LogP contribution in [0.5, 0.6) is 0 Å². The van der Waals surface area contributed by atoms with E-state index >= 15 is 0 Å². The molecule has 6 heteroatoms. The van der Waals surface area contributed by atoms with Gasteiger partial charge in [0.05, 0.1) is 17.9 Å². The molecule has 0 spiro atoms. The first-order valence-corrected chi connectivity index (χ1v) is 7.23. The number of hydrogen-bond acceptors (Lipinski definition) is 4. The fourth-order valence-electron chi connectivity index (χ4n) is 2.44. The second-order valence-electron chi connectivity index (χ2n) is 5.27. The summed E-state index contributed by atoms with van der Waals surface area (Å²) in [6, 6.07) is 0. The molecule has 0 unspecified atom stereocenters. The zero-order valence-electron chi connectivity index (χ0n) is 12.3. The van der Waals surface area contributed by atoms with Crippen molar-refractivity contribution in [2.75, 3.05) is 26.2 Å². The van der Waals surface area contributed by atoms with Gasteiger partial charge in [-0.1, -0.05) is 0 Å². The number of aromatic nitrogens is 2. The number of carbonyl (C=O) groups is 1. The number of nitrogens with zero attached hydrogens (tertiary/aromatic N) is 3. The van der Waals surface area contributed by atoms with Gasteiger partial charge < -0.3 is 15.4 Å². The standard InChI is InChI=1S/C14H24N4O2/c1-11-13(10-16-17(11)2)14(19)18-7-4-12(5-8-18)20-9-3-6-15/h10,12H,3-9,15H2,1-2H3. The van der Waals surface area contributed by atoms with Gasteiger partial charge in [-0.3, -0.25) is 9.48 Å². The van der Waals surface area contributed by atoms with Crippen LogP contribution in [-0.2, 0) is 11.8 Å². The predicted octanol–water partition coefficient (Wildman–Crippen LogP) is 0.699. The number of carbonyl (C=O) groups excluding carboxylic acids is 1. The van der Waals surface area contributed by atoms with Crippen LogP contribution in [0, 0.1) is 6.92 Å². The number of piperidine rings is 1. The van der Waals surface area contributed by atoms with Crippen molar-refractivity contribution in [3.8, 4) is 0 Å². The fraction of sp³-hybridized carbons (Fsp3) is 0.714. The van der Waals surface area contributed by atoms with Crippen molar-refractivity contribution in [3.63, 3.8) is 0 Å². The van der Waals surface area contributed by atoms with Crippen molar-refractivity contribution < 1.29 is 9.53 Å². The van der Waals surface area contributed by atoms with Crippen LogP contribution in [0.1, 0.15) is 35.3 Å². The van der Waals surface area contributed by atoms with Gasteiger partial charge in [0.25, 0.3) is 5.91 Å². The lowest BCUT2D eigenvalue weighted by Crippen LogP contribution is -2.41. The van der Waals surface area contributed by atoms with E-state index < -0.39 is 0 Å². The molecule has 6 nitrogen and oxygen atoms in total. The number of ether oxygens (including phenoxy) is 1. The van der Waals surface area contributed by atoms with Gasteiger partial charge in [0, 0.05) is 32.4 Å². The Hall–Kier alpha value is -1.40. The van der Waals surface area contributed by atoms with Crippen LogP contribution in [0.25, 0.3) is 0 Å². The van der Waals surface area contributed by atoms with Gasteiger partial charge in [0.2, 0.25) is 0 Å². The molecule has 112 valence electrons. The Labute approximate surface area is 119 Å². The highest BCUT2D eigenvalue weighted by atomic mass is 16.5. The van der Waals surface area contributed by atoms with Gasteiger partial charge in [0.15, 0.2) is 0 Å². The van der Waals surface area contributed by atoms with E-state index in [0.29, 0.717) is 12.1 Å². The van der Waals surface area contributed by atoms with Gasteiger partial charge in [-0.25, -0.2) is 0 Å². The summed E-state index contributed by atoms with van der Waals surface area (Å²) in [5.74, 6) is 0.0796. The molecule has 2 N–H and O–H groups in total. The highest BCUT2D eigenvalue weighted by Gasteiger charge is 2.25. The predicted molar refractivity (Wildman–Crippen MR) is 76.5 cm³/mol. The molecule has 0 aliphatic carbocycles. The first-order valence-electron chi connectivity index (χ1n) is 7.23. The summed E-state index contributed by atoms with van der Waals surface area (Å²) in [6.07, 6.45) is 4.61. The van der Waals surface area contributed by atoms with Crippen molar-refractivity contribution in [1.29, 1.82) is 0 Å². The summed E-state index contributed by atoms with van der Waals surface area (Å²) in [5, 5.41) is 4.13. The number of nitrogens with two attached hydrogens (primary N) is 1. The first kappa shape index (κ1) is 15.0. The highest BCUT2D eigenvalue weighted by molar-refractivity contribution is 5.95. The Kier molecular flexibility index (Phi) is 5.14. The molecule has 1 aromatic heterocycles. The van der Waals surface area contributed by atoms with Crippen molar-refractivity contribution in [1.82, 2.24) is 14.7 Å². The number of aryl methyl sites for hydroxylation is 1. The molecular weight excluding hydrogens is 256 g/mol. The lowest BCUT2D eigenvalue weighted by molar-refractivity contribution is 0.00843. The quantitative estimate of drug-likeness (QED) is 0.806. The Morgan fingerprint density at radius 1 is 1.50 bits per heavy atom. The molecule has 0 bridgehead atoms. The van der Waals surface area contributed by atoms with Crippen molar-refractivity contribution in [2.45, 2.75) is 32.3 Å². The molecule has 1 amide bonds. The molecular formula is C14H24N4O2. The van der Waals surface area contributed by atoms with Crippen molar-refractivity contribution >= 4 is 5.91 Å². The van der Waals surface area contributed by atoms with E-state index in [-0.39, 0.29) is 12.0 Å². The largest absolute Gasteiger partial charge is 0.378 e. The third kappa shape index (κ3) is 3.37. The number of hydrogen-bond donors (Lipinski definition) is 1. The lowest BCUT2D eigenvalue weighted by Gasteiger charge is -2.32. The Morgan fingerprint density at radius 2 is 2.20 bits per heavy atom. The van der Waals surface area contributed by atoms with Crippen LogP contribution >= 0.6 is 0 Å². The molecule has 20 heavy (non-hydrogen) atoms. The summed E-state index contributed by atoms with van der Waals surface area (Å²) in [6.45, 7) is 4.80. The van der Waals surface area contributed by atoms with Gasteiger partial charge >= 0.3 is 0 Å². The van der Waals surface area contributed by atoms with Crippen LogP contribution in [0.3, 0.4) is 0 Å². The summed E-state index contributed by atoms with van der Waals surface area (Å²) >= 11 is 0. The Morgan fingerprint density at radius 3 is 2.75 bits per heavy atom. The summed E-state index contributed by atoms with van der Waals surface area (Å²) in [7, 11) is 1.85. The Balaban J connectivity index is 1.84. The molecule has 1 aliphatic heterocycles. The van der Waals surface area contributed by atoms with Crippen LogP contribution in [0.15, 0.2) is 6.20 Å². The maximum atomic E-state index is 12.4. The maximum Gasteiger partial charge on any atom is 0.257 e. The molecule has 0 saturated carbocycles. The molecule has 0 atom stereocenters. The topological polar surface area (TPSA) is 73.4 Å². The van der Waals surface area contributed by atoms with Gasteiger partial charge in [-0.05, 0) is 32.7 Å². The van der Waals surface area contributed by atoms with E-state index in [0.717, 1.165) is 44.7 Å². The van der Waals surface area contributed by atoms with Gasteiger partial charge in [0.1, 0.15) is 0 Å². The maximum absolute atomic E-state index is 12.4. The summed E-state index contributed by atoms with van der Waals surface area (Å²) in [5.41, 5.74) is 7.06. The Bertz CT molecular complexity index is 450. The summed E-state index contributed by atoms with van der Waals surface area (Å²) in [4.78, 5) is 14.3. The van der Waals surface area contributed by atoms with Crippen molar-refractivity contribution in [3.05, 3.63) is 17.5 Å². The van der Waals surface area contributed by atoms with E-state index in [1.165, 1.54) is 0 Å². The summed E-state index contributed by atoms with van der Waals surface area (Å²) < 4.78 is 7.48. The van der Waals surface area contributed by atoms with Gasteiger partial charge in [-0.2, -0.15) is 5.10 Å². The molecule has 0 radical (unpaired) electrons. The van der Waals surface area contributed by atoms with E-state index in [1.807, 2.05) is 18.9 Å². The highest BCUT2D eigenvalue weighted by Crippen LogP contribution is 2.17. The minimum Gasteiger partial charge on any atom is -0.378 e. The minimum absolute atomic E-state index is 0.0796. The number of likely N-dealkylation sites (tertiary alicyclic amines) is 1. The average Bonchev–Trinajstić information content (AvgIpc) is 2.79. The molecule has 1 aliphatic rings. The molecule has 2 rings (SSSR count). The molecule has 1 aromatic rings. The number of amides is 1. The van der Waals surface area contributed by atoms with E-state index in [2.05, 4.69) is 5.10 Å². The zero-order valence-corrected chi connectivity index (χ0v) is 12.3. The van der Waals surface area contributed by atoms with Crippen LogP contribution in [0.4, 0.5) is 0 Å². The molecule has 1 fully saturated rings. The first-order chi connectivity index (χ1) is 9.63. The van der Waals surface area contributed by atoms with Gasteiger partial charge in [-0.15, -0.1) is 0 Å². The second-order valence-corrected chi connectivity index (χ2v) is 5.27. The van der Waals surface area contributed by atoms with E-state index in [4.69, 9.17) is 10.5 Å². The second kappa shape index (κ2) is 6.85. The average molecular weight is 280 g/mol. The van der Waals surface area contributed by atoms with Crippen LogP contribution in [0.2, 0.25) is 0 Å². The zero-order chi connectivity index (χ0) is 14.5. The smallest absolute Gasteiger partial charge is 0.257 e. The van der Waals surface area contributed by atoms with E-state index in [9.17, 15) is 4.79 Å². The monoisotopic (exact) mass is 280 g/mol. The van der Waals surface area contributed by atoms with Crippen molar-refractivity contribution in [2.24, 2.45) is 12.8 Å². The SMILES string of the molecule is Cc1c(C(=O)N2CCC(OCCCN)CC2)cnn1C. The van der Waals surface area contributed by atoms with Crippen LogP contribution in [-0.4, -0.2) is 52.9 Å².